The van der Waals surface area contributed by atoms with Gasteiger partial charge in [0, 0.05) is 37.0 Å². The number of nitrogens with one attached hydrogen (secondary N) is 1. The molecular weight excluding hydrogens is 594 g/mol. The number of anilines is 1. The van der Waals surface area contributed by atoms with Crippen molar-refractivity contribution in [1.82, 2.24) is 10.2 Å². The maximum absolute atomic E-state index is 14.0. The molecule has 236 valence electrons. The predicted octanol–water partition coefficient (Wildman–Crippen LogP) is 6.54. The van der Waals surface area contributed by atoms with Crippen LogP contribution in [0.15, 0.2) is 78.9 Å². The zero-order valence-corrected chi connectivity index (χ0v) is 27.3. The third-order valence-electron chi connectivity index (χ3n) is 8.27. The Hall–Kier alpha value is -3.36. The number of halogens is 1. The number of nitrogens with zero attached hydrogens (tertiary/aromatic N) is 2. The molecule has 0 radical (unpaired) electrons. The Balaban J connectivity index is 1.57. The Bertz CT molecular complexity index is 1460. The van der Waals surface area contributed by atoms with Crippen molar-refractivity contribution in [2.75, 3.05) is 17.1 Å². The molecule has 0 heterocycles. The smallest absolute Gasteiger partial charge is 0.243 e. The lowest BCUT2D eigenvalue weighted by atomic mass is 9.94. The molecule has 0 bridgehead atoms. The van der Waals surface area contributed by atoms with Gasteiger partial charge < -0.3 is 10.2 Å². The molecular formula is C35H44ClN3O4S. The fourth-order valence-corrected chi connectivity index (χ4v) is 6.88. The standard InChI is InChI=1S/C35H44ClN3O4S/c1-3-27-18-22-32(23-19-27)39(44(2,42)43)24-10-15-34(40)38(26-29-16-20-30(36)21-17-29)33(25-28-11-6-4-7-12-28)35(41)37-31-13-8-5-9-14-31/h4,6-7,11-12,16-23,31,33H,3,5,8-10,13-15,24-26H2,1-2H3,(H,37,41)/t33-/m0/s1. The van der Waals surface area contributed by atoms with Crippen LogP contribution in [0, 0.1) is 0 Å². The van der Waals surface area contributed by atoms with Crippen molar-refractivity contribution in [1.29, 1.82) is 0 Å². The van der Waals surface area contributed by atoms with Crippen LogP contribution in [0.1, 0.15) is 68.6 Å². The molecule has 1 fully saturated rings. The van der Waals surface area contributed by atoms with Crippen LogP contribution in [-0.2, 0) is 39.0 Å². The summed E-state index contributed by atoms with van der Waals surface area (Å²) in [6.07, 6.45) is 8.03. The number of aryl methyl sites for hydroxylation is 1. The van der Waals surface area contributed by atoms with Crippen LogP contribution in [0.4, 0.5) is 5.69 Å². The van der Waals surface area contributed by atoms with E-state index in [0.717, 1.165) is 48.8 Å². The molecule has 9 heteroatoms. The molecule has 4 rings (SSSR count). The third-order valence-corrected chi connectivity index (χ3v) is 9.72. The fourth-order valence-electron chi connectivity index (χ4n) is 5.79. The summed E-state index contributed by atoms with van der Waals surface area (Å²) >= 11 is 6.14. The van der Waals surface area contributed by atoms with Gasteiger partial charge in [0.15, 0.2) is 0 Å². The minimum absolute atomic E-state index is 0.0919. The zero-order chi connectivity index (χ0) is 31.5. The van der Waals surface area contributed by atoms with Crippen molar-refractivity contribution in [2.45, 2.75) is 83.3 Å². The van der Waals surface area contributed by atoms with Gasteiger partial charge in [-0.25, -0.2) is 8.42 Å². The molecule has 1 aliphatic carbocycles. The van der Waals surface area contributed by atoms with Gasteiger partial charge in [-0.1, -0.05) is 92.4 Å². The minimum atomic E-state index is -3.56. The van der Waals surface area contributed by atoms with E-state index in [9.17, 15) is 18.0 Å². The predicted molar refractivity (Wildman–Crippen MR) is 178 cm³/mol. The number of hydrogen-bond acceptors (Lipinski definition) is 4. The van der Waals surface area contributed by atoms with Gasteiger partial charge in [-0.2, -0.15) is 0 Å². The molecule has 0 saturated heterocycles. The molecule has 3 aromatic rings. The Kier molecular flexibility index (Phi) is 12.3. The number of sulfonamides is 1. The largest absolute Gasteiger partial charge is 0.352 e. The van der Waals surface area contributed by atoms with E-state index >= 15 is 0 Å². The average molecular weight is 638 g/mol. The highest BCUT2D eigenvalue weighted by atomic mass is 35.5. The molecule has 1 saturated carbocycles. The first-order valence-corrected chi connectivity index (χ1v) is 17.8. The van der Waals surface area contributed by atoms with E-state index in [-0.39, 0.29) is 37.4 Å². The van der Waals surface area contributed by atoms with Crippen molar-refractivity contribution in [2.24, 2.45) is 0 Å². The highest BCUT2D eigenvalue weighted by Crippen LogP contribution is 2.23. The highest BCUT2D eigenvalue weighted by molar-refractivity contribution is 7.92. The van der Waals surface area contributed by atoms with Gasteiger partial charge in [0.1, 0.15) is 6.04 Å². The summed E-state index contributed by atoms with van der Waals surface area (Å²) in [5.74, 6) is -0.355. The summed E-state index contributed by atoms with van der Waals surface area (Å²) in [6, 6.07) is 23.9. The Morgan fingerprint density at radius 3 is 2.14 bits per heavy atom. The Morgan fingerprint density at radius 1 is 0.886 bits per heavy atom. The first-order chi connectivity index (χ1) is 21.1. The van der Waals surface area contributed by atoms with Gasteiger partial charge in [0.2, 0.25) is 21.8 Å². The second-order valence-corrected chi connectivity index (χ2v) is 14.0. The molecule has 2 amide bonds. The van der Waals surface area contributed by atoms with Gasteiger partial charge in [-0.15, -0.1) is 0 Å². The lowest BCUT2D eigenvalue weighted by molar-refractivity contribution is -0.141. The quantitative estimate of drug-likeness (QED) is 0.218. The molecule has 1 atom stereocenters. The monoisotopic (exact) mass is 637 g/mol. The first-order valence-electron chi connectivity index (χ1n) is 15.6. The van der Waals surface area contributed by atoms with Gasteiger partial charge in [0.25, 0.3) is 0 Å². The van der Waals surface area contributed by atoms with E-state index in [2.05, 4.69) is 5.32 Å². The summed E-state index contributed by atoms with van der Waals surface area (Å²) in [7, 11) is -3.56. The molecule has 0 aromatic heterocycles. The van der Waals surface area contributed by atoms with E-state index < -0.39 is 16.1 Å². The second kappa shape index (κ2) is 16.1. The summed E-state index contributed by atoms with van der Waals surface area (Å²) in [5, 5.41) is 3.85. The molecule has 0 aliphatic heterocycles. The number of amides is 2. The van der Waals surface area contributed by atoms with Crippen molar-refractivity contribution >= 4 is 39.1 Å². The summed E-state index contributed by atoms with van der Waals surface area (Å²) in [5.41, 5.74) is 3.51. The number of hydrogen-bond donors (Lipinski definition) is 1. The van der Waals surface area contributed by atoms with Gasteiger partial charge >= 0.3 is 0 Å². The molecule has 44 heavy (non-hydrogen) atoms. The molecule has 0 unspecified atom stereocenters. The Labute approximate surface area is 267 Å². The second-order valence-electron chi connectivity index (χ2n) is 11.7. The van der Waals surface area contributed by atoms with Crippen molar-refractivity contribution in [3.63, 3.8) is 0 Å². The van der Waals surface area contributed by atoms with Crippen LogP contribution in [0.3, 0.4) is 0 Å². The zero-order valence-electron chi connectivity index (χ0n) is 25.8. The van der Waals surface area contributed by atoms with Gasteiger partial charge in [-0.3, -0.25) is 13.9 Å². The highest BCUT2D eigenvalue weighted by Gasteiger charge is 2.32. The van der Waals surface area contributed by atoms with E-state index in [1.807, 2.05) is 61.5 Å². The summed E-state index contributed by atoms with van der Waals surface area (Å²) < 4.78 is 26.8. The maximum atomic E-state index is 14.0. The van der Waals surface area contributed by atoms with Crippen molar-refractivity contribution in [3.05, 3.63) is 101 Å². The lowest BCUT2D eigenvalue weighted by Gasteiger charge is -2.34. The molecule has 1 aliphatic rings. The first kappa shape index (κ1) is 33.5. The van der Waals surface area contributed by atoms with Crippen LogP contribution < -0.4 is 9.62 Å². The average Bonchev–Trinajstić information content (AvgIpc) is 3.02. The van der Waals surface area contributed by atoms with Crippen LogP contribution in [0.25, 0.3) is 0 Å². The van der Waals surface area contributed by atoms with E-state index in [0.29, 0.717) is 23.6 Å². The number of carbonyl (C=O) groups is 2. The summed E-state index contributed by atoms with van der Waals surface area (Å²) in [4.78, 5) is 29.7. The third kappa shape index (κ3) is 9.83. The van der Waals surface area contributed by atoms with E-state index in [1.54, 1.807) is 29.2 Å². The van der Waals surface area contributed by atoms with Crippen molar-refractivity contribution in [3.8, 4) is 0 Å². The van der Waals surface area contributed by atoms with E-state index in [4.69, 9.17) is 11.6 Å². The summed E-state index contributed by atoms with van der Waals surface area (Å²) in [6.45, 7) is 2.44. The molecule has 3 aromatic carbocycles. The van der Waals surface area contributed by atoms with Crippen LogP contribution in [-0.4, -0.2) is 50.0 Å². The normalized spacial score (nSPS) is 14.5. The van der Waals surface area contributed by atoms with Gasteiger partial charge in [-0.05, 0) is 66.6 Å². The van der Waals surface area contributed by atoms with Gasteiger partial charge in [0.05, 0.1) is 11.9 Å². The molecule has 0 spiro atoms. The van der Waals surface area contributed by atoms with Crippen LogP contribution in [0.5, 0.6) is 0 Å². The van der Waals surface area contributed by atoms with Crippen molar-refractivity contribution < 1.29 is 18.0 Å². The SMILES string of the molecule is CCc1ccc(N(CCCC(=O)N(Cc2ccc(Cl)cc2)[C@@H](Cc2ccccc2)C(=O)NC2CCCCC2)S(C)(=O)=O)cc1. The maximum Gasteiger partial charge on any atom is 0.243 e. The molecule has 1 N–H and O–H groups in total. The minimum Gasteiger partial charge on any atom is -0.352 e. The number of rotatable bonds is 14. The van der Waals surface area contributed by atoms with Crippen LogP contribution in [0.2, 0.25) is 5.02 Å². The lowest BCUT2D eigenvalue weighted by Crippen LogP contribution is -2.52. The fraction of sp³-hybridized carbons (Fsp3) is 0.429. The molecule has 7 nitrogen and oxygen atoms in total. The van der Waals surface area contributed by atoms with E-state index in [1.165, 1.54) is 17.0 Å². The number of benzene rings is 3. The topological polar surface area (TPSA) is 86.8 Å². The number of carbonyl (C=O) groups excluding carboxylic acids is 2. The Morgan fingerprint density at radius 2 is 1.52 bits per heavy atom. The van der Waals surface area contributed by atoms with Crippen LogP contribution >= 0.6 is 11.6 Å².